The van der Waals surface area contributed by atoms with Crippen molar-refractivity contribution in [3.63, 3.8) is 0 Å². The summed E-state index contributed by atoms with van der Waals surface area (Å²) >= 11 is 0. The van der Waals surface area contributed by atoms with Crippen LogP contribution in [0.15, 0.2) is 0 Å². The van der Waals surface area contributed by atoms with Crippen LogP contribution in [0.3, 0.4) is 0 Å². The summed E-state index contributed by atoms with van der Waals surface area (Å²) in [6.45, 7) is 4.28. The molecule has 1 fully saturated rings. The van der Waals surface area contributed by atoms with Gasteiger partial charge in [-0.05, 0) is 19.3 Å². The largest absolute Gasteiger partial charge is 0.312 e. The van der Waals surface area contributed by atoms with Crippen molar-refractivity contribution in [2.75, 3.05) is 6.54 Å². The third-order valence-corrected chi connectivity index (χ3v) is 4.26. The van der Waals surface area contributed by atoms with Gasteiger partial charge in [0.2, 0.25) is 0 Å². The quantitative estimate of drug-likeness (QED) is 0.886. The third-order valence-electron chi connectivity index (χ3n) is 4.26. The van der Waals surface area contributed by atoms with Crippen molar-refractivity contribution in [3.05, 3.63) is 22.8 Å². The number of nitrogens with one attached hydrogen (secondary N) is 1. The summed E-state index contributed by atoms with van der Waals surface area (Å²) in [5, 5.41) is 3.47. The average molecular weight is 245 g/mol. The van der Waals surface area contributed by atoms with Crippen LogP contribution in [0, 0.1) is 0 Å². The second-order valence-electron chi connectivity index (χ2n) is 5.61. The first-order valence-corrected chi connectivity index (χ1v) is 7.47. The van der Waals surface area contributed by atoms with E-state index in [4.69, 9.17) is 9.97 Å². The fourth-order valence-corrected chi connectivity index (χ4v) is 2.89. The maximum Gasteiger partial charge on any atom is 0.128 e. The molecule has 3 heteroatoms. The Labute approximate surface area is 109 Å². The van der Waals surface area contributed by atoms with Gasteiger partial charge in [0.1, 0.15) is 5.82 Å². The summed E-state index contributed by atoms with van der Waals surface area (Å²) < 4.78 is 0. The number of hydrogen-bond acceptors (Lipinski definition) is 3. The molecule has 2 aliphatic rings. The van der Waals surface area contributed by atoms with Gasteiger partial charge < -0.3 is 5.32 Å². The van der Waals surface area contributed by atoms with Crippen molar-refractivity contribution in [1.29, 1.82) is 0 Å². The Morgan fingerprint density at radius 2 is 2.17 bits per heavy atom. The zero-order chi connectivity index (χ0) is 12.4. The van der Waals surface area contributed by atoms with Crippen LogP contribution >= 0.6 is 0 Å². The van der Waals surface area contributed by atoms with Gasteiger partial charge in [0, 0.05) is 37.4 Å². The minimum atomic E-state index is 0.724. The zero-order valence-electron chi connectivity index (χ0n) is 11.3. The predicted molar refractivity (Wildman–Crippen MR) is 72.6 cm³/mol. The van der Waals surface area contributed by atoms with Crippen molar-refractivity contribution in [2.24, 2.45) is 0 Å². The van der Waals surface area contributed by atoms with Gasteiger partial charge in [-0.25, -0.2) is 9.97 Å². The Morgan fingerprint density at radius 1 is 1.28 bits per heavy atom. The van der Waals surface area contributed by atoms with E-state index in [0.29, 0.717) is 0 Å². The van der Waals surface area contributed by atoms with Gasteiger partial charge in [0.25, 0.3) is 0 Å². The molecular formula is C15H23N3. The van der Waals surface area contributed by atoms with Gasteiger partial charge >= 0.3 is 0 Å². The molecule has 1 aliphatic heterocycles. The molecule has 0 aromatic carbocycles. The Balaban J connectivity index is 1.92. The maximum atomic E-state index is 4.89. The van der Waals surface area contributed by atoms with Crippen LogP contribution < -0.4 is 5.32 Å². The second kappa shape index (κ2) is 5.35. The number of aryl methyl sites for hydroxylation is 1. The Bertz CT molecular complexity index is 424. The van der Waals surface area contributed by atoms with Gasteiger partial charge in [-0.2, -0.15) is 0 Å². The van der Waals surface area contributed by atoms with E-state index in [-0.39, 0.29) is 0 Å². The molecule has 0 spiro atoms. The molecule has 0 radical (unpaired) electrons. The number of nitrogens with zero attached hydrogens (tertiary/aromatic N) is 2. The molecule has 1 saturated carbocycles. The molecule has 1 aromatic heterocycles. The third kappa shape index (κ3) is 2.28. The van der Waals surface area contributed by atoms with Crippen molar-refractivity contribution in [2.45, 2.75) is 64.3 Å². The monoisotopic (exact) mass is 245 g/mol. The lowest BCUT2D eigenvalue weighted by atomic mass is 9.80. The standard InChI is InChI=1S/C15H23N3/c1-2-3-7-14-17-13-8-9-16-10-12(13)15(18-14)11-5-4-6-11/h11,16H,2-10H2,1H3. The molecule has 18 heavy (non-hydrogen) atoms. The minimum Gasteiger partial charge on any atom is -0.312 e. The fraction of sp³-hybridized carbons (Fsp3) is 0.733. The van der Waals surface area contributed by atoms with E-state index in [0.717, 1.165) is 37.7 Å². The highest BCUT2D eigenvalue weighted by molar-refractivity contribution is 5.31. The lowest BCUT2D eigenvalue weighted by molar-refractivity contribution is 0.402. The normalized spacial score (nSPS) is 19.4. The van der Waals surface area contributed by atoms with Crippen molar-refractivity contribution < 1.29 is 0 Å². The lowest BCUT2D eigenvalue weighted by Crippen LogP contribution is -2.29. The molecule has 1 N–H and O–H groups in total. The zero-order valence-corrected chi connectivity index (χ0v) is 11.3. The van der Waals surface area contributed by atoms with Crippen LogP contribution in [0.5, 0.6) is 0 Å². The second-order valence-corrected chi connectivity index (χ2v) is 5.61. The fourth-order valence-electron chi connectivity index (χ4n) is 2.89. The molecule has 98 valence electrons. The van der Waals surface area contributed by atoms with E-state index in [9.17, 15) is 0 Å². The maximum absolute atomic E-state index is 4.89. The number of unbranched alkanes of at least 4 members (excludes halogenated alkanes) is 1. The molecular weight excluding hydrogens is 222 g/mol. The summed E-state index contributed by atoms with van der Waals surface area (Å²) in [5.41, 5.74) is 4.13. The topological polar surface area (TPSA) is 37.8 Å². The summed E-state index contributed by atoms with van der Waals surface area (Å²) in [4.78, 5) is 9.70. The van der Waals surface area contributed by atoms with Gasteiger partial charge in [-0.1, -0.05) is 19.8 Å². The van der Waals surface area contributed by atoms with Gasteiger partial charge in [0.15, 0.2) is 0 Å². The van der Waals surface area contributed by atoms with E-state index in [1.807, 2.05) is 0 Å². The minimum absolute atomic E-state index is 0.724. The van der Waals surface area contributed by atoms with E-state index in [1.54, 1.807) is 0 Å². The lowest BCUT2D eigenvalue weighted by Gasteiger charge is -2.29. The van der Waals surface area contributed by atoms with E-state index < -0.39 is 0 Å². The Morgan fingerprint density at radius 3 is 2.89 bits per heavy atom. The molecule has 0 unspecified atom stereocenters. The number of rotatable bonds is 4. The Hall–Kier alpha value is -0.960. The molecule has 0 bridgehead atoms. The summed E-state index contributed by atoms with van der Waals surface area (Å²) in [7, 11) is 0. The molecule has 0 saturated heterocycles. The first kappa shape index (κ1) is 12.1. The SMILES string of the molecule is CCCCc1nc2c(c(C3CCC3)n1)CNCC2. The first-order valence-electron chi connectivity index (χ1n) is 7.47. The summed E-state index contributed by atoms with van der Waals surface area (Å²) in [5.74, 6) is 1.82. The van der Waals surface area contributed by atoms with Crippen molar-refractivity contribution in [3.8, 4) is 0 Å². The van der Waals surface area contributed by atoms with Crippen LogP contribution in [-0.4, -0.2) is 16.5 Å². The van der Waals surface area contributed by atoms with Crippen LogP contribution in [0.1, 0.15) is 67.7 Å². The van der Waals surface area contributed by atoms with E-state index in [2.05, 4.69) is 12.2 Å². The number of fused-ring (bicyclic) bond motifs is 1. The molecule has 3 nitrogen and oxygen atoms in total. The molecule has 0 atom stereocenters. The molecule has 1 aromatic rings. The van der Waals surface area contributed by atoms with Crippen LogP contribution in [0.2, 0.25) is 0 Å². The first-order chi connectivity index (χ1) is 8.88. The molecule has 2 heterocycles. The smallest absolute Gasteiger partial charge is 0.128 e. The average Bonchev–Trinajstić information content (AvgIpc) is 2.34. The number of hydrogen-bond donors (Lipinski definition) is 1. The van der Waals surface area contributed by atoms with Crippen LogP contribution in [-0.2, 0) is 19.4 Å². The number of aromatic nitrogens is 2. The van der Waals surface area contributed by atoms with Gasteiger partial charge in [-0.15, -0.1) is 0 Å². The molecule has 1 aliphatic carbocycles. The van der Waals surface area contributed by atoms with Gasteiger partial charge in [0.05, 0.1) is 11.4 Å². The summed E-state index contributed by atoms with van der Waals surface area (Å²) in [6, 6.07) is 0. The van der Waals surface area contributed by atoms with Crippen LogP contribution in [0.4, 0.5) is 0 Å². The molecule has 0 amide bonds. The van der Waals surface area contributed by atoms with E-state index in [1.165, 1.54) is 49.1 Å². The highest BCUT2D eigenvalue weighted by Gasteiger charge is 2.27. The van der Waals surface area contributed by atoms with Gasteiger partial charge in [-0.3, -0.25) is 0 Å². The van der Waals surface area contributed by atoms with Crippen molar-refractivity contribution in [1.82, 2.24) is 15.3 Å². The predicted octanol–water partition coefficient (Wildman–Crippen LogP) is 2.73. The molecule has 3 rings (SSSR count). The summed E-state index contributed by atoms with van der Waals surface area (Å²) in [6.07, 6.45) is 8.60. The van der Waals surface area contributed by atoms with Crippen LogP contribution in [0.25, 0.3) is 0 Å². The highest BCUT2D eigenvalue weighted by atomic mass is 15.0. The van der Waals surface area contributed by atoms with E-state index >= 15 is 0 Å². The highest BCUT2D eigenvalue weighted by Crippen LogP contribution is 2.38. The van der Waals surface area contributed by atoms with Crippen molar-refractivity contribution >= 4 is 0 Å². The Kier molecular flexibility index (Phi) is 3.59.